The van der Waals surface area contributed by atoms with Gasteiger partial charge < -0.3 is 70.4 Å². The molecule has 0 aromatic rings. The van der Waals surface area contributed by atoms with Gasteiger partial charge in [-0.1, -0.05) is 0 Å². The normalized spacial score (nSPS) is 44.6. The first-order valence-electron chi connectivity index (χ1n) is 9.28. The van der Waals surface area contributed by atoms with Crippen molar-refractivity contribution in [3.63, 3.8) is 0 Å². The Morgan fingerprint density at radius 3 is 1.81 bits per heavy atom. The molecule has 0 saturated carbocycles. The van der Waals surface area contributed by atoms with Gasteiger partial charge in [0.25, 0.3) is 11.6 Å². The van der Waals surface area contributed by atoms with Gasteiger partial charge in [0, 0.05) is 6.42 Å². The highest BCUT2D eigenvalue weighted by molar-refractivity contribution is 5.77. The summed E-state index contributed by atoms with van der Waals surface area (Å²) in [5.41, 5.74) is 0. The molecule has 16 nitrogen and oxygen atoms in total. The van der Waals surface area contributed by atoms with Crippen molar-refractivity contribution in [2.45, 2.75) is 72.9 Å². The smallest absolute Gasteiger partial charge is 0.367 e. The van der Waals surface area contributed by atoms with Crippen LogP contribution in [0.25, 0.3) is 0 Å². The summed E-state index contributed by atoms with van der Waals surface area (Å²) in [6, 6.07) is 0. The summed E-state index contributed by atoms with van der Waals surface area (Å²) < 4.78 is 14.9. The number of hydrogen-bond acceptors (Lipinski definition) is 14. The third-order valence-corrected chi connectivity index (χ3v) is 5.33. The van der Waals surface area contributed by atoms with Gasteiger partial charge in [-0.2, -0.15) is 0 Å². The van der Waals surface area contributed by atoms with Gasteiger partial charge >= 0.3 is 11.9 Å². The summed E-state index contributed by atoms with van der Waals surface area (Å²) in [6.45, 7) is -2.16. The summed E-state index contributed by atoms with van der Waals surface area (Å²) in [6.07, 6.45) is -20.4. The lowest BCUT2D eigenvalue weighted by atomic mass is 9.88. The Hall–Kier alpha value is -1.54. The molecule has 0 bridgehead atoms. The molecule has 2 aliphatic heterocycles. The molecular formula is C16H26O16. The highest BCUT2D eigenvalue weighted by atomic mass is 16.8. The highest BCUT2D eigenvalue weighted by Crippen LogP contribution is 2.39. The van der Waals surface area contributed by atoms with Gasteiger partial charge in [0.05, 0.1) is 19.3 Å². The van der Waals surface area contributed by atoms with Crippen LogP contribution in [0.3, 0.4) is 0 Å². The van der Waals surface area contributed by atoms with E-state index in [4.69, 9.17) is 24.4 Å². The number of carboxylic acid groups (broad SMARTS) is 2. The molecule has 2 rings (SSSR count). The van der Waals surface area contributed by atoms with E-state index in [1.807, 2.05) is 0 Å². The van der Waals surface area contributed by atoms with E-state index in [0.29, 0.717) is 0 Å². The lowest BCUT2D eigenvalue weighted by Gasteiger charge is -2.50. The molecule has 0 unspecified atom stereocenters. The maximum Gasteiger partial charge on any atom is 0.367 e. The van der Waals surface area contributed by atoms with Crippen molar-refractivity contribution < 1.29 is 80.0 Å². The first kappa shape index (κ1) is 26.7. The molecular weight excluding hydrogens is 448 g/mol. The Bertz CT molecular complexity index is 689. The average Bonchev–Trinajstić information content (AvgIpc) is 2.74. The molecule has 2 aliphatic rings. The van der Waals surface area contributed by atoms with Gasteiger partial charge in [-0.25, -0.2) is 9.59 Å². The average molecular weight is 474 g/mol. The van der Waals surface area contributed by atoms with Gasteiger partial charge in [0.15, 0.2) is 0 Å². The summed E-state index contributed by atoms with van der Waals surface area (Å²) in [4.78, 5) is 23.5. The van der Waals surface area contributed by atoms with Crippen LogP contribution in [0.1, 0.15) is 6.42 Å². The molecule has 0 radical (unpaired) electrons. The maximum atomic E-state index is 12.0. The minimum absolute atomic E-state index is 1.08. The Labute approximate surface area is 179 Å². The summed E-state index contributed by atoms with van der Waals surface area (Å²) in [7, 11) is 0. The van der Waals surface area contributed by atoms with Gasteiger partial charge in [-0.05, 0) is 0 Å². The van der Waals surface area contributed by atoms with E-state index in [1.165, 1.54) is 0 Å². The monoisotopic (exact) mass is 474 g/mol. The van der Waals surface area contributed by atoms with Crippen LogP contribution >= 0.6 is 0 Å². The van der Waals surface area contributed by atoms with Crippen molar-refractivity contribution in [3.05, 3.63) is 0 Å². The first-order chi connectivity index (χ1) is 14.8. The third-order valence-electron chi connectivity index (χ3n) is 5.33. The molecule has 0 spiro atoms. The summed E-state index contributed by atoms with van der Waals surface area (Å²) >= 11 is 0. The molecule has 2 saturated heterocycles. The van der Waals surface area contributed by atoms with E-state index < -0.39 is 98.1 Å². The highest BCUT2D eigenvalue weighted by Gasteiger charge is 2.64. The first-order valence-corrected chi connectivity index (χ1v) is 9.28. The lowest BCUT2D eigenvalue weighted by Crippen LogP contribution is -2.73. The van der Waals surface area contributed by atoms with Crippen molar-refractivity contribution in [2.24, 2.45) is 0 Å². The van der Waals surface area contributed by atoms with E-state index in [-0.39, 0.29) is 0 Å². The van der Waals surface area contributed by atoms with E-state index in [1.54, 1.807) is 0 Å². The standard InChI is InChI=1S/C16H26O16/c17-2-4(19)10-7(21)6(1-15(29,31-10)13(25)26)30-16(14(27)28)12(24)9(23)8(22)11(32-16)5(20)3-18/h4-12,17-24,29H,1-3H2,(H,25,26)(H,27,28)/t4-,5-,6-,7-,8-,9+,10-,11-,12+,15-,16-/m1/s1. The Morgan fingerprint density at radius 2 is 1.38 bits per heavy atom. The number of aliphatic hydroxyl groups is 9. The number of carboxylic acids is 2. The Morgan fingerprint density at radius 1 is 0.875 bits per heavy atom. The van der Waals surface area contributed by atoms with Gasteiger partial charge in [0.1, 0.15) is 48.8 Å². The van der Waals surface area contributed by atoms with E-state index >= 15 is 0 Å². The second-order valence-electron chi connectivity index (χ2n) is 7.50. The molecule has 0 amide bonds. The van der Waals surface area contributed by atoms with Crippen LogP contribution in [0.15, 0.2) is 0 Å². The molecule has 186 valence electrons. The van der Waals surface area contributed by atoms with E-state index in [0.717, 1.165) is 0 Å². The van der Waals surface area contributed by atoms with Crippen molar-refractivity contribution in [3.8, 4) is 0 Å². The lowest BCUT2D eigenvalue weighted by molar-refractivity contribution is -0.392. The second-order valence-corrected chi connectivity index (χ2v) is 7.50. The molecule has 32 heavy (non-hydrogen) atoms. The fraction of sp³-hybridized carbons (Fsp3) is 0.875. The number of ether oxygens (including phenoxy) is 3. The van der Waals surface area contributed by atoms with Crippen LogP contribution in [0.4, 0.5) is 0 Å². The molecule has 16 heteroatoms. The van der Waals surface area contributed by atoms with Crippen LogP contribution in [0.5, 0.6) is 0 Å². The topological polar surface area (TPSA) is 284 Å². The number of aliphatic hydroxyl groups excluding tert-OH is 8. The minimum atomic E-state index is -3.36. The minimum Gasteiger partial charge on any atom is -0.477 e. The molecule has 0 aliphatic carbocycles. The number of carbonyl (C=O) groups is 2. The predicted molar refractivity (Wildman–Crippen MR) is 92.4 cm³/mol. The fourth-order valence-electron chi connectivity index (χ4n) is 3.51. The molecule has 11 atom stereocenters. The SMILES string of the molecule is O=C(O)[C@]1(O[C@@H]2C[C@](O)(C(=O)O)O[C@H]([C@H](O)CO)[C@@H]2O)O[C@H]([C@H](O)CO)[C@H](O)[C@H](O)[C@@H]1O. The van der Waals surface area contributed by atoms with Crippen LogP contribution in [-0.4, -0.2) is 148 Å². The second kappa shape index (κ2) is 9.75. The van der Waals surface area contributed by atoms with Gasteiger partial charge in [-0.3, -0.25) is 0 Å². The number of hydrogen-bond donors (Lipinski definition) is 11. The van der Waals surface area contributed by atoms with Crippen molar-refractivity contribution in [2.75, 3.05) is 13.2 Å². The van der Waals surface area contributed by atoms with Crippen LogP contribution in [0.2, 0.25) is 0 Å². The van der Waals surface area contributed by atoms with Crippen molar-refractivity contribution >= 4 is 11.9 Å². The van der Waals surface area contributed by atoms with Crippen molar-refractivity contribution in [1.29, 1.82) is 0 Å². The zero-order valence-corrected chi connectivity index (χ0v) is 16.3. The van der Waals surface area contributed by atoms with Gasteiger partial charge in [0.2, 0.25) is 0 Å². The molecule has 11 N–H and O–H groups in total. The zero-order chi connectivity index (χ0) is 24.6. The van der Waals surface area contributed by atoms with E-state index in [2.05, 4.69) is 0 Å². The largest absolute Gasteiger partial charge is 0.477 e. The molecule has 0 aromatic carbocycles. The zero-order valence-electron chi connectivity index (χ0n) is 16.3. The quantitative estimate of drug-likeness (QED) is 0.156. The Balaban J connectivity index is 2.49. The van der Waals surface area contributed by atoms with Gasteiger partial charge in [-0.15, -0.1) is 0 Å². The Kier molecular flexibility index (Phi) is 8.14. The van der Waals surface area contributed by atoms with Crippen LogP contribution < -0.4 is 0 Å². The fourth-order valence-corrected chi connectivity index (χ4v) is 3.51. The number of aliphatic carboxylic acids is 2. The molecule has 2 heterocycles. The van der Waals surface area contributed by atoms with Crippen LogP contribution in [0, 0.1) is 0 Å². The summed E-state index contributed by atoms with van der Waals surface area (Å²) in [5, 5.41) is 108. The number of rotatable bonds is 8. The molecule has 2 fully saturated rings. The molecule has 0 aromatic heterocycles. The predicted octanol–water partition coefficient (Wildman–Crippen LogP) is -6.74. The van der Waals surface area contributed by atoms with Crippen molar-refractivity contribution in [1.82, 2.24) is 0 Å². The van der Waals surface area contributed by atoms with Crippen LogP contribution in [-0.2, 0) is 23.8 Å². The summed E-state index contributed by atoms with van der Waals surface area (Å²) in [5.74, 6) is -10.7. The van der Waals surface area contributed by atoms with E-state index in [9.17, 15) is 55.5 Å². The third kappa shape index (κ3) is 4.58. The maximum absolute atomic E-state index is 12.0.